The van der Waals surface area contributed by atoms with Crippen LogP contribution in [-0.4, -0.2) is 56.6 Å². The average molecular weight is 488 g/mol. The number of halogens is 1. The molecule has 1 aromatic carbocycles. The highest BCUT2D eigenvalue weighted by atomic mass is 127. The van der Waals surface area contributed by atoms with Gasteiger partial charge in [0.15, 0.2) is 5.96 Å². The topological polar surface area (TPSA) is 66.0 Å². The minimum Gasteiger partial charge on any atom is -0.491 e. The Balaban J connectivity index is 0.00000364. The average Bonchev–Trinajstić information content (AvgIpc) is 2.66. The Hall–Kier alpha value is -1.51. The van der Waals surface area contributed by atoms with Gasteiger partial charge in [0.1, 0.15) is 12.4 Å². The molecule has 1 fully saturated rings. The number of para-hydroxylation sites is 1. The zero-order valence-corrected chi connectivity index (χ0v) is 19.0. The van der Waals surface area contributed by atoms with Gasteiger partial charge in [-0.15, -0.1) is 24.0 Å². The molecule has 0 unspecified atom stereocenters. The lowest BCUT2D eigenvalue weighted by Gasteiger charge is -2.34. The van der Waals surface area contributed by atoms with E-state index in [4.69, 9.17) is 9.73 Å². The third kappa shape index (κ3) is 7.94. The van der Waals surface area contributed by atoms with Crippen molar-refractivity contribution in [1.29, 1.82) is 0 Å². The molecule has 2 N–H and O–H groups in total. The van der Waals surface area contributed by atoms with Gasteiger partial charge in [0.25, 0.3) is 0 Å². The number of carbonyl (C=O) groups excluding carboxylic acids is 1. The fraction of sp³-hybridized carbons (Fsp3) is 0.600. The second-order valence-electron chi connectivity index (χ2n) is 6.66. The van der Waals surface area contributed by atoms with E-state index < -0.39 is 0 Å². The van der Waals surface area contributed by atoms with Crippen LogP contribution in [0, 0.1) is 12.8 Å². The fourth-order valence-electron chi connectivity index (χ4n) is 3.16. The van der Waals surface area contributed by atoms with Crippen molar-refractivity contribution in [1.82, 2.24) is 15.5 Å². The lowest BCUT2D eigenvalue weighted by Crippen LogP contribution is -2.46. The zero-order chi connectivity index (χ0) is 18.8. The molecule has 1 saturated heterocycles. The number of hydrogen-bond donors (Lipinski definition) is 2. The van der Waals surface area contributed by atoms with Crippen LogP contribution in [0.1, 0.15) is 31.7 Å². The van der Waals surface area contributed by atoms with Crippen LogP contribution in [0.4, 0.5) is 0 Å². The summed E-state index contributed by atoms with van der Waals surface area (Å²) in [6.45, 7) is 8.03. The van der Waals surface area contributed by atoms with Crippen LogP contribution in [0.2, 0.25) is 0 Å². The molecule has 1 aliphatic heterocycles. The summed E-state index contributed by atoms with van der Waals surface area (Å²) < 4.78 is 5.83. The van der Waals surface area contributed by atoms with Crippen LogP contribution in [-0.2, 0) is 4.79 Å². The van der Waals surface area contributed by atoms with Crippen molar-refractivity contribution in [3.05, 3.63) is 29.8 Å². The van der Waals surface area contributed by atoms with Gasteiger partial charge in [-0.1, -0.05) is 18.2 Å². The van der Waals surface area contributed by atoms with Crippen LogP contribution < -0.4 is 15.4 Å². The summed E-state index contributed by atoms with van der Waals surface area (Å²) in [7, 11) is 1.70. The second-order valence-corrected chi connectivity index (χ2v) is 6.66. The van der Waals surface area contributed by atoms with E-state index in [1.807, 2.05) is 31.2 Å². The van der Waals surface area contributed by atoms with E-state index in [2.05, 4.69) is 22.5 Å². The predicted molar refractivity (Wildman–Crippen MR) is 121 cm³/mol. The number of hydrogen-bond acceptors (Lipinski definition) is 3. The van der Waals surface area contributed by atoms with Gasteiger partial charge >= 0.3 is 0 Å². The van der Waals surface area contributed by atoms with E-state index in [9.17, 15) is 4.79 Å². The summed E-state index contributed by atoms with van der Waals surface area (Å²) in [5.41, 5.74) is 1.14. The molecule has 0 radical (unpaired) electrons. The molecule has 0 aliphatic carbocycles. The Morgan fingerprint density at radius 3 is 2.63 bits per heavy atom. The number of piperidine rings is 1. The van der Waals surface area contributed by atoms with Crippen LogP contribution in [0.5, 0.6) is 5.75 Å². The molecule has 0 bridgehead atoms. The van der Waals surface area contributed by atoms with Crippen molar-refractivity contribution in [3.63, 3.8) is 0 Å². The standard InChI is InChI=1S/C20H32N4O2.HI/c1-4-22-20(23-11-14-26-18-8-6-5-7-16(18)2)24-12-9-17(10-13-24)15-19(25)21-3;/h5-8,17H,4,9-15H2,1-3H3,(H,21,25)(H,22,23);1H. The van der Waals surface area contributed by atoms with Gasteiger partial charge in [-0.2, -0.15) is 0 Å². The molecule has 0 spiro atoms. The molecule has 27 heavy (non-hydrogen) atoms. The maximum absolute atomic E-state index is 11.5. The first-order valence-corrected chi connectivity index (χ1v) is 9.56. The molecular weight excluding hydrogens is 455 g/mol. The summed E-state index contributed by atoms with van der Waals surface area (Å²) >= 11 is 0. The molecule has 6 nitrogen and oxygen atoms in total. The van der Waals surface area contributed by atoms with E-state index in [1.54, 1.807) is 7.05 Å². The lowest BCUT2D eigenvalue weighted by molar-refractivity contribution is -0.121. The Labute approximate surface area is 180 Å². The van der Waals surface area contributed by atoms with Gasteiger partial charge in [0, 0.05) is 33.1 Å². The van der Waals surface area contributed by atoms with Gasteiger partial charge in [-0.05, 0) is 44.2 Å². The summed E-state index contributed by atoms with van der Waals surface area (Å²) in [6.07, 6.45) is 2.68. The van der Waals surface area contributed by atoms with Crippen LogP contribution >= 0.6 is 24.0 Å². The Kier molecular flexibility index (Phi) is 11.2. The number of nitrogens with zero attached hydrogens (tertiary/aromatic N) is 2. The highest BCUT2D eigenvalue weighted by Gasteiger charge is 2.22. The van der Waals surface area contributed by atoms with Gasteiger partial charge in [-0.3, -0.25) is 4.79 Å². The van der Waals surface area contributed by atoms with Crippen molar-refractivity contribution in [2.24, 2.45) is 10.9 Å². The smallest absolute Gasteiger partial charge is 0.220 e. The van der Waals surface area contributed by atoms with E-state index in [0.717, 1.165) is 49.7 Å². The largest absolute Gasteiger partial charge is 0.491 e. The molecule has 1 heterocycles. The molecular formula is C20H33IN4O2. The molecule has 0 atom stereocenters. The second kappa shape index (κ2) is 12.8. The van der Waals surface area contributed by atoms with Crippen molar-refractivity contribution in [2.45, 2.75) is 33.1 Å². The first kappa shape index (κ1) is 23.5. The number of aliphatic imine (C=N–C) groups is 1. The number of nitrogens with one attached hydrogen (secondary N) is 2. The van der Waals surface area contributed by atoms with Crippen LogP contribution in [0.3, 0.4) is 0 Å². The monoisotopic (exact) mass is 488 g/mol. The number of ether oxygens (including phenoxy) is 1. The number of likely N-dealkylation sites (tertiary alicyclic amines) is 1. The zero-order valence-electron chi connectivity index (χ0n) is 16.7. The first-order valence-electron chi connectivity index (χ1n) is 9.56. The quantitative estimate of drug-likeness (QED) is 0.268. The predicted octanol–water partition coefficient (Wildman–Crippen LogP) is 2.81. The SMILES string of the molecule is CCNC(=NCCOc1ccccc1C)N1CCC(CC(=O)NC)CC1.I. The van der Waals surface area contributed by atoms with Gasteiger partial charge < -0.3 is 20.3 Å². The lowest BCUT2D eigenvalue weighted by atomic mass is 9.93. The number of carbonyl (C=O) groups is 1. The molecule has 2 rings (SSSR count). The molecule has 1 aliphatic rings. The normalized spacial score (nSPS) is 15.1. The van der Waals surface area contributed by atoms with Crippen molar-refractivity contribution in [3.8, 4) is 5.75 Å². The van der Waals surface area contributed by atoms with E-state index in [-0.39, 0.29) is 29.9 Å². The molecule has 0 saturated carbocycles. The first-order chi connectivity index (χ1) is 12.6. The van der Waals surface area contributed by atoms with E-state index in [1.165, 1.54) is 0 Å². The molecule has 152 valence electrons. The number of benzene rings is 1. The minimum atomic E-state index is 0. The Morgan fingerprint density at radius 1 is 1.30 bits per heavy atom. The van der Waals surface area contributed by atoms with Crippen molar-refractivity contribution in [2.75, 3.05) is 39.8 Å². The number of guanidine groups is 1. The van der Waals surface area contributed by atoms with E-state index in [0.29, 0.717) is 25.5 Å². The van der Waals surface area contributed by atoms with E-state index >= 15 is 0 Å². The maximum Gasteiger partial charge on any atom is 0.220 e. The van der Waals surface area contributed by atoms with Crippen molar-refractivity contribution < 1.29 is 9.53 Å². The third-order valence-corrected chi connectivity index (χ3v) is 4.71. The minimum absolute atomic E-state index is 0. The highest BCUT2D eigenvalue weighted by Crippen LogP contribution is 2.20. The van der Waals surface area contributed by atoms with Gasteiger partial charge in [-0.25, -0.2) is 4.99 Å². The molecule has 1 aromatic rings. The third-order valence-electron chi connectivity index (χ3n) is 4.71. The van der Waals surface area contributed by atoms with Crippen LogP contribution in [0.25, 0.3) is 0 Å². The maximum atomic E-state index is 11.5. The fourth-order valence-corrected chi connectivity index (χ4v) is 3.16. The molecule has 1 amide bonds. The van der Waals surface area contributed by atoms with Gasteiger partial charge in [0.05, 0.1) is 6.54 Å². The van der Waals surface area contributed by atoms with Crippen molar-refractivity contribution >= 4 is 35.8 Å². The molecule has 7 heteroatoms. The Morgan fingerprint density at radius 2 is 2.00 bits per heavy atom. The van der Waals surface area contributed by atoms with Crippen LogP contribution in [0.15, 0.2) is 29.3 Å². The highest BCUT2D eigenvalue weighted by molar-refractivity contribution is 14.0. The number of rotatable bonds is 7. The van der Waals surface area contributed by atoms with Gasteiger partial charge in [0.2, 0.25) is 5.91 Å². The summed E-state index contributed by atoms with van der Waals surface area (Å²) in [6, 6.07) is 8.03. The summed E-state index contributed by atoms with van der Waals surface area (Å²) in [5.74, 6) is 2.47. The number of aryl methyl sites for hydroxylation is 1. The summed E-state index contributed by atoms with van der Waals surface area (Å²) in [5, 5.41) is 6.09. The molecule has 0 aromatic heterocycles. The number of amides is 1. The Bertz CT molecular complexity index is 601. The summed E-state index contributed by atoms with van der Waals surface area (Å²) in [4.78, 5) is 18.5.